The number of hydrogen-bond acceptors (Lipinski definition) is 1. The topological polar surface area (TPSA) is 35.3 Å². The first kappa shape index (κ1) is 6.97. The smallest absolute Gasteiger partial charge is 0.253 e. The van der Waals surface area contributed by atoms with Gasteiger partial charge in [0.25, 0.3) is 5.82 Å². The van der Waals surface area contributed by atoms with E-state index < -0.39 is 0 Å². The maximum atomic E-state index is 6.65. The van der Waals surface area contributed by atoms with Crippen molar-refractivity contribution in [1.82, 2.24) is 4.68 Å². The van der Waals surface area contributed by atoms with Crippen molar-refractivity contribution in [2.24, 2.45) is 0 Å². The van der Waals surface area contributed by atoms with Gasteiger partial charge in [0.1, 0.15) is 6.20 Å². The third kappa shape index (κ3) is 1.07. The molecule has 1 aromatic heterocycles. The highest BCUT2D eigenvalue weighted by Crippen LogP contribution is 2.15. The van der Waals surface area contributed by atoms with Crippen molar-refractivity contribution in [3.63, 3.8) is 0 Å². The van der Waals surface area contributed by atoms with Crippen molar-refractivity contribution in [3.05, 3.63) is 29.2 Å². The first-order valence-electron chi connectivity index (χ1n) is 2.67. The Morgan fingerprint density at radius 1 is 1.80 bits per heavy atom. The molecule has 0 saturated heterocycles. The molecule has 1 rings (SSSR count). The third-order valence-electron chi connectivity index (χ3n) is 1.15. The maximum absolute atomic E-state index is 6.65. The van der Waals surface area contributed by atoms with Gasteiger partial charge in [-0.1, -0.05) is 6.57 Å². The Morgan fingerprint density at radius 3 is 2.80 bits per heavy atom. The Morgan fingerprint density at radius 2 is 2.50 bits per heavy atom. The van der Waals surface area contributed by atoms with E-state index in [9.17, 15) is 0 Å². The normalized spacial score (nSPS) is 9.20. The number of nitrogen functional groups attached to an aromatic ring is 1. The van der Waals surface area contributed by atoms with Gasteiger partial charge in [-0.2, -0.15) is 0 Å². The summed E-state index contributed by atoms with van der Waals surface area (Å²) in [6.07, 6.45) is 1.64. The Kier molecular flexibility index (Phi) is 1.83. The zero-order valence-corrected chi connectivity index (χ0v) is 5.97. The second-order valence-electron chi connectivity index (χ2n) is 1.86. The van der Waals surface area contributed by atoms with E-state index in [1.807, 2.05) is 0 Å². The number of rotatable bonds is 1. The maximum Gasteiger partial charge on any atom is 0.253 e. The fourth-order valence-corrected chi connectivity index (χ4v) is 0.832. The molecule has 1 aromatic rings. The molecule has 0 radical (unpaired) electrons. The van der Waals surface area contributed by atoms with Crippen LogP contribution in [0.15, 0.2) is 12.3 Å². The molecule has 1 heterocycles. The molecule has 0 fully saturated rings. The molecule has 0 aliphatic carbocycles. The average Bonchev–Trinajstić information content (AvgIpc) is 2.30. The van der Waals surface area contributed by atoms with E-state index in [0.717, 1.165) is 5.56 Å². The molecule has 0 saturated carbocycles. The molecular formula is C6H6ClN3. The molecule has 52 valence electrons. The number of halogens is 1. The summed E-state index contributed by atoms with van der Waals surface area (Å²) in [6, 6.07) is 1.67. The molecule has 0 aliphatic heterocycles. The minimum absolute atomic E-state index is 0.396. The van der Waals surface area contributed by atoms with E-state index in [-0.39, 0.29) is 0 Å². The van der Waals surface area contributed by atoms with Crippen molar-refractivity contribution >= 4 is 17.4 Å². The molecule has 2 N–H and O–H groups in total. The van der Waals surface area contributed by atoms with Crippen molar-refractivity contribution in [2.75, 3.05) is 5.84 Å². The lowest BCUT2D eigenvalue weighted by molar-refractivity contribution is 1.03. The van der Waals surface area contributed by atoms with Crippen molar-refractivity contribution < 1.29 is 0 Å². The standard InChI is InChI=1S/C6H6ClN3/c1-9-6-2-5(3-7)4-10(6)8/h2,4H,3,8H2. The summed E-state index contributed by atoms with van der Waals surface area (Å²) in [4.78, 5) is 3.17. The van der Waals surface area contributed by atoms with E-state index >= 15 is 0 Å². The predicted octanol–water partition coefficient (Wildman–Crippen LogP) is 1.49. The summed E-state index contributed by atoms with van der Waals surface area (Å²) in [5.74, 6) is 6.18. The molecule has 3 nitrogen and oxygen atoms in total. The number of aromatic nitrogens is 1. The number of alkyl halides is 1. The van der Waals surface area contributed by atoms with Crippen LogP contribution in [0.2, 0.25) is 0 Å². The molecule has 0 spiro atoms. The van der Waals surface area contributed by atoms with Gasteiger partial charge in [-0.25, -0.2) is 4.68 Å². The molecule has 0 unspecified atom stereocenters. The van der Waals surface area contributed by atoms with E-state index in [0.29, 0.717) is 11.7 Å². The van der Waals surface area contributed by atoms with Gasteiger partial charge in [-0.3, -0.25) is 5.84 Å². The second kappa shape index (κ2) is 2.63. The van der Waals surface area contributed by atoms with E-state index in [2.05, 4.69) is 4.85 Å². The summed E-state index contributed by atoms with van der Waals surface area (Å²) in [7, 11) is 0. The lowest BCUT2D eigenvalue weighted by Crippen LogP contribution is -2.03. The molecule has 10 heavy (non-hydrogen) atoms. The fraction of sp³-hybridized carbons (Fsp3) is 0.167. The van der Waals surface area contributed by atoms with E-state index in [4.69, 9.17) is 24.0 Å². The van der Waals surface area contributed by atoms with Crippen LogP contribution < -0.4 is 5.84 Å². The third-order valence-corrected chi connectivity index (χ3v) is 1.46. The van der Waals surface area contributed by atoms with E-state index in [1.54, 1.807) is 12.3 Å². The monoisotopic (exact) mass is 155 g/mol. The van der Waals surface area contributed by atoms with Gasteiger partial charge in [0, 0.05) is 5.88 Å². The first-order chi connectivity index (χ1) is 4.77. The fourth-order valence-electron chi connectivity index (χ4n) is 0.685. The molecule has 0 amide bonds. The summed E-state index contributed by atoms with van der Waals surface area (Å²) >= 11 is 5.50. The molecule has 0 atom stereocenters. The average molecular weight is 156 g/mol. The highest BCUT2D eigenvalue weighted by atomic mass is 35.5. The molecule has 0 aromatic carbocycles. The van der Waals surface area contributed by atoms with Crippen LogP contribution in [0.3, 0.4) is 0 Å². The first-order valence-corrected chi connectivity index (χ1v) is 3.21. The van der Waals surface area contributed by atoms with Gasteiger partial charge in [-0.05, 0) is 11.6 Å². The predicted molar refractivity (Wildman–Crippen MR) is 40.4 cm³/mol. The van der Waals surface area contributed by atoms with Gasteiger partial charge in [0.05, 0.1) is 0 Å². The Hall–Kier alpha value is -1.14. The number of nitrogens with zero attached hydrogens (tertiary/aromatic N) is 2. The summed E-state index contributed by atoms with van der Waals surface area (Å²) in [5.41, 5.74) is 0.871. The molecule has 0 aliphatic rings. The van der Waals surface area contributed by atoms with Crippen LogP contribution in [0.25, 0.3) is 4.85 Å². The van der Waals surface area contributed by atoms with E-state index in [1.165, 1.54) is 4.68 Å². The van der Waals surface area contributed by atoms with Crippen molar-refractivity contribution in [3.8, 4) is 0 Å². The van der Waals surface area contributed by atoms with Crippen LogP contribution >= 0.6 is 11.6 Å². The number of nitrogens with two attached hydrogens (primary N) is 1. The molecule has 0 bridgehead atoms. The van der Waals surface area contributed by atoms with Gasteiger partial charge in [0.2, 0.25) is 0 Å². The van der Waals surface area contributed by atoms with Crippen LogP contribution in [-0.2, 0) is 5.88 Å². The van der Waals surface area contributed by atoms with Crippen LogP contribution in [0, 0.1) is 6.57 Å². The molecule has 4 heteroatoms. The van der Waals surface area contributed by atoms with Gasteiger partial charge < -0.3 is 4.85 Å². The summed E-state index contributed by atoms with van der Waals surface area (Å²) in [5, 5.41) is 0. The zero-order chi connectivity index (χ0) is 7.56. The zero-order valence-electron chi connectivity index (χ0n) is 5.21. The summed E-state index contributed by atoms with van der Waals surface area (Å²) in [6.45, 7) is 6.65. The van der Waals surface area contributed by atoms with Crippen molar-refractivity contribution in [2.45, 2.75) is 5.88 Å². The lowest BCUT2D eigenvalue weighted by Gasteiger charge is -1.86. The molecular weight excluding hydrogens is 150 g/mol. The van der Waals surface area contributed by atoms with Gasteiger partial charge >= 0.3 is 0 Å². The SMILES string of the molecule is [C-]#[N+]c1cc(CCl)cn1N. The minimum Gasteiger partial charge on any atom is -0.362 e. The summed E-state index contributed by atoms with van der Waals surface area (Å²) < 4.78 is 1.27. The Balaban J connectivity index is 3.07. The minimum atomic E-state index is 0.396. The largest absolute Gasteiger partial charge is 0.362 e. The van der Waals surface area contributed by atoms with Crippen molar-refractivity contribution in [1.29, 1.82) is 0 Å². The van der Waals surface area contributed by atoms with Crippen LogP contribution in [0.1, 0.15) is 5.56 Å². The highest BCUT2D eigenvalue weighted by molar-refractivity contribution is 6.17. The Labute approximate surface area is 63.8 Å². The second-order valence-corrected chi connectivity index (χ2v) is 2.13. The van der Waals surface area contributed by atoms with Gasteiger partial charge in [0.15, 0.2) is 0 Å². The van der Waals surface area contributed by atoms with Crippen LogP contribution in [-0.4, -0.2) is 4.68 Å². The highest BCUT2D eigenvalue weighted by Gasteiger charge is 2.01. The quantitative estimate of drug-likeness (QED) is 0.372. The lowest BCUT2D eigenvalue weighted by atomic mass is 10.4. The van der Waals surface area contributed by atoms with Gasteiger partial charge in [-0.15, -0.1) is 11.6 Å². The number of hydrogen-bond donors (Lipinski definition) is 1. The Bertz CT molecular complexity index is 271. The van der Waals surface area contributed by atoms with Crippen LogP contribution in [0.4, 0.5) is 5.82 Å². The van der Waals surface area contributed by atoms with Crippen LogP contribution in [0.5, 0.6) is 0 Å².